The third-order valence-electron chi connectivity index (χ3n) is 2.96. The fourth-order valence-corrected chi connectivity index (χ4v) is 11.6. The predicted molar refractivity (Wildman–Crippen MR) is 114 cm³/mol. The Hall–Kier alpha value is 4.32. The lowest BCUT2D eigenvalue weighted by atomic mass is 9.85. The fraction of sp³-hybridized carbons (Fsp3) is 1.00. The number of hydrogen-bond donors (Lipinski definition) is 0. The van der Waals surface area contributed by atoms with Gasteiger partial charge < -0.3 is 0 Å². The van der Waals surface area contributed by atoms with E-state index in [2.05, 4.69) is 150 Å². The van der Waals surface area contributed by atoms with Gasteiger partial charge in [-0.15, -0.1) is 0 Å². The zero-order chi connectivity index (χ0) is 14.6. The second-order valence-electron chi connectivity index (χ2n) is 4.32. The van der Waals surface area contributed by atoms with E-state index in [1.807, 2.05) is 0 Å². The Labute approximate surface area is 183 Å². The van der Waals surface area contributed by atoms with Gasteiger partial charge >= 0.3 is 0 Å². The minimum Gasteiger partial charge on any atom is -0.0827 e. The molecule has 0 aromatic heterocycles. The molecule has 1 fully saturated rings. The lowest BCUT2D eigenvalue weighted by molar-refractivity contribution is 0.381. The Bertz CT molecular complexity index is 335. The topological polar surface area (TPSA) is 0 Å². The smallest absolute Gasteiger partial charge is 0.0827 e. The first-order valence-corrected chi connectivity index (χ1v) is 12.1. The van der Waals surface area contributed by atoms with Crippen LogP contribution in [0.3, 0.4) is 0 Å². The van der Waals surface area contributed by atoms with Crippen LogP contribution in [0.25, 0.3) is 0 Å². The molecule has 0 aromatic rings. The Balaban J connectivity index is 3.41. The van der Waals surface area contributed by atoms with Gasteiger partial charge in [0.2, 0.25) is 0 Å². The molecule has 1 atom stereocenters. The van der Waals surface area contributed by atoms with Gasteiger partial charge in [0.15, 0.2) is 0 Å². The molecule has 18 heavy (non-hydrogen) atoms. The maximum atomic E-state index is 3.93. The van der Waals surface area contributed by atoms with Gasteiger partial charge in [-0.05, 0) is 12.8 Å². The molecule has 1 aliphatic rings. The van der Waals surface area contributed by atoms with Crippen LogP contribution < -0.4 is 0 Å². The Morgan fingerprint density at radius 2 is 1.17 bits per heavy atom. The zero-order valence-electron chi connectivity index (χ0n) is 9.02. The minimum absolute atomic E-state index is 0.153. The largest absolute Gasteiger partial charge is 0.134 e. The molecule has 0 amide bonds. The summed E-state index contributed by atoms with van der Waals surface area (Å²) in [6, 6.07) is 0. The highest BCUT2D eigenvalue weighted by atomic mass is 79.9. The van der Waals surface area contributed by atoms with E-state index in [0.29, 0.717) is 0 Å². The highest BCUT2D eigenvalue weighted by Gasteiger charge is 2.75. The quantitative estimate of drug-likeness (QED) is 0.246. The molecule has 0 saturated heterocycles. The molecule has 0 spiro atoms. The second kappa shape index (κ2) is 6.32. The molecular weight excluding hydrogens is 827 g/mol. The summed E-state index contributed by atoms with van der Waals surface area (Å²) in [4.78, 5) is 0. The molecule has 1 rings (SSSR count). The van der Waals surface area contributed by atoms with E-state index in [4.69, 9.17) is 0 Å². The van der Waals surface area contributed by atoms with Crippen LogP contribution in [0.4, 0.5) is 0 Å². The average molecular weight is 836 g/mol. The molecule has 0 radical (unpaired) electrons. The van der Waals surface area contributed by atoms with Gasteiger partial charge in [0.25, 0.3) is 0 Å². The fourth-order valence-electron chi connectivity index (χ4n) is 1.92. The van der Waals surface area contributed by atoms with E-state index < -0.39 is 9.70 Å². The standard InChI is InChI=1S/C9H9Br9/c1-2-3-5(10)4-6(11,12)8(15,16)9(17,18)7(5,13)14/h2-4H2,1H3. The van der Waals surface area contributed by atoms with Gasteiger partial charge in [-0.3, -0.25) is 0 Å². The third kappa shape index (κ3) is 3.00. The summed E-state index contributed by atoms with van der Waals surface area (Å²) in [6.45, 7) is 2.18. The van der Waals surface area contributed by atoms with Gasteiger partial charge in [-0.2, -0.15) is 0 Å². The van der Waals surface area contributed by atoms with Crippen molar-refractivity contribution in [1.82, 2.24) is 0 Å². The van der Waals surface area contributed by atoms with Crippen LogP contribution in [-0.4, -0.2) is 17.3 Å². The Kier molecular flexibility index (Phi) is 7.15. The number of halogens is 9. The van der Waals surface area contributed by atoms with Gasteiger partial charge in [-0.1, -0.05) is 157 Å². The molecule has 0 nitrogen and oxygen atoms in total. The number of rotatable bonds is 2. The lowest BCUT2D eigenvalue weighted by Crippen LogP contribution is -2.69. The van der Waals surface area contributed by atoms with E-state index >= 15 is 0 Å². The molecule has 0 N–H and O–H groups in total. The molecule has 0 aliphatic heterocycles. The van der Waals surface area contributed by atoms with Crippen molar-refractivity contribution >= 4 is 143 Å². The Morgan fingerprint density at radius 1 is 0.722 bits per heavy atom. The van der Waals surface area contributed by atoms with Crippen molar-refractivity contribution in [3.8, 4) is 0 Å². The molecule has 0 bridgehead atoms. The highest BCUT2D eigenvalue weighted by Crippen LogP contribution is 2.76. The van der Waals surface area contributed by atoms with Gasteiger partial charge in [0.1, 0.15) is 12.9 Å². The normalized spacial score (nSPS) is 36.3. The molecule has 1 unspecified atom stereocenters. The van der Waals surface area contributed by atoms with Crippen molar-refractivity contribution < 1.29 is 0 Å². The van der Waals surface area contributed by atoms with Crippen molar-refractivity contribution in [2.24, 2.45) is 0 Å². The van der Waals surface area contributed by atoms with Crippen LogP contribution in [-0.2, 0) is 0 Å². The lowest BCUT2D eigenvalue weighted by Gasteiger charge is -2.60. The van der Waals surface area contributed by atoms with Crippen molar-refractivity contribution in [2.45, 2.75) is 43.4 Å². The molecule has 1 aliphatic carbocycles. The van der Waals surface area contributed by atoms with Crippen LogP contribution in [0.2, 0.25) is 0 Å². The van der Waals surface area contributed by atoms with Crippen molar-refractivity contribution in [1.29, 1.82) is 0 Å². The molecule has 108 valence electrons. The molecule has 0 aromatic carbocycles. The first kappa shape index (κ1) is 20.4. The molecule has 0 heterocycles. The highest BCUT2D eigenvalue weighted by molar-refractivity contribution is 9.34. The van der Waals surface area contributed by atoms with Gasteiger partial charge in [0, 0.05) is 0 Å². The van der Waals surface area contributed by atoms with Crippen LogP contribution in [0.5, 0.6) is 0 Å². The van der Waals surface area contributed by atoms with Crippen LogP contribution in [0, 0.1) is 0 Å². The first-order chi connectivity index (χ1) is 7.77. The monoisotopic (exact) mass is 827 g/mol. The average Bonchev–Trinajstić information content (AvgIpc) is 2.14. The SMILES string of the molecule is CCCC1(Br)CC(Br)(Br)C(Br)(Br)C(Br)(Br)C1(Br)Br. The summed E-state index contributed by atoms with van der Waals surface area (Å²) in [5.74, 6) is 0. The zero-order valence-corrected chi connectivity index (χ0v) is 23.3. The van der Waals surface area contributed by atoms with Gasteiger partial charge in [0.05, 0.1) is 4.32 Å². The summed E-state index contributed by atoms with van der Waals surface area (Å²) < 4.78 is -1.89. The van der Waals surface area contributed by atoms with E-state index in [1.165, 1.54) is 0 Å². The molecule has 1 saturated carbocycles. The van der Waals surface area contributed by atoms with Crippen LogP contribution in [0.15, 0.2) is 0 Å². The van der Waals surface area contributed by atoms with E-state index in [9.17, 15) is 0 Å². The van der Waals surface area contributed by atoms with Crippen LogP contribution in [0.1, 0.15) is 26.2 Å². The number of hydrogen-bond acceptors (Lipinski definition) is 0. The van der Waals surface area contributed by atoms with Gasteiger partial charge in [-0.25, -0.2) is 0 Å². The summed E-state index contributed by atoms with van der Waals surface area (Å²) in [5, 5.41) is 0. The number of alkyl halides is 9. The minimum atomic E-state index is -0.510. The third-order valence-corrected chi connectivity index (χ3v) is 21.1. The van der Waals surface area contributed by atoms with E-state index in [0.717, 1.165) is 19.3 Å². The van der Waals surface area contributed by atoms with Crippen molar-refractivity contribution in [3.05, 3.63) is 0 Å². The van der Waals surface area contributed by atoms with Crippen LogP contribution >= 0.6 is 143 Å². The maximum absolute atomic E-state index is 3.93. The molecule has 9 heteroatoms. The van der Waals surface area contributed by atoms with E-state index in [-0.39, 0.29) is 7.56 Å². The summed E-state index contributed by atoms with van der Waals surface area (Å²) in [6.07, 6.45) is 2.94. The van der Waals surface area contributed by atoms with E-state index in [1.54, 1.807) is 0 Å². The Morgan fingerprint density at radius 3 is 1.56 bits per heavy atom. The molecular formula is C9H9Br9. The second-order valence-corrected chi connectivity index (χ2v) is 19.9. The maximum Gasteiger partial charge on any atom is 0.134 e. The predicted octanol–water partition coefficient (Wildman–Crippen LogP) is 8.27. The summed E-state index contributed by atoms with van der Waals surface area (Å²) in [5.41, 5.74) is 0. The summed E-state index contributed by atoms with van der Waals surface area (Å²) in [7, 11) is 0. The van der Waals surface area contributed by atoms with Crippen molar-refractivity contribution in [2.75, 3.05) is 0 Å². The van der Waals surface area contributed by atoms with Crippen molar-refractivity contribution in [3.63, 3.8) is 0 Å². The first-order valence-electron chi connectivity index (χ1n) is 4.97. The summed E-state index contributed by atoms with van der Waals surface area (Å²) >= 11 is 34.3.